The highest BCUT2D eigenvalue weighted by Gasteiger charge is 1.96. The lowest BCUT2D eigenvalue weighted by atomic mass is 10.6. The molecule has 1 aromatic rings. The molecule has 1 rings (SSSR count). The fourth-order valence-corrected chi connectivity index (χ4v) is 1.28. The van der Waals surface area contributed by atoms with Crippen LogP contribution in [0.1, 0.15) is 9.88 Å². The standard InChI is InChI=1S/C6H8N2OS/c1-5-8-3-6(10-5)4-9-7-2/h3H,2,4H2,1H3. The van der Waals surface area contributed by atoms with Gasteiger partial charge in [-0.1, -0.05) is 0 Å². The topological polar surface area (TPSA) is 34.5 Å². The number of rotatable bonds is 3. The average molecular weight is 156 g/mol. The maximum atomic E-state index is 4.72. The number of hydrogen-bond acceptors (Lipinski definition) is 4. The predicted octanol–water partition coefficient (Wildman–Crippen LogP) is 1.58. The molecule has 1 aromatic heterocycles. The Morgan fingerprint density at radius 1 is 1.90 bits per heavy atom. The van der Waals surface area contributed by atoms with Gasteiger partial charge in [0, 0.05) is 12.9 Å². The van der Waals surface area contributed by atoms with Gasteiger partial charge in [-0.3, -0.25) is 0 Å². The molecule has 0 radical (unpaired) electrons. The Labute approximate surface area is 63.3 Å². The monoisotopic (exact) mass is 156 g/mol. The van der Waals surface area contributed by atoms with Crippen LogP contribution in [0.5, 0.6) is 0 Å². The summed E-state index contributed by atoms with van der Waals surface area (Å²) in [6.45, 7) is 5.63. The quantitative estimate of drug-likeness (QED) is 0.492. The van der Waals surface area contributed by atoms with Crippen LogP contribution in [0, 0.1) is 6.92 Å². The van der Waals surface area contributed by atoms with Gasteiger partial charge in [-0.05, 0) is 6.92 Å². The van der Waals surface area contributed by atoms with Crippen LogP contribution in [0.2, 0.25) is 0 Å². The predicted molar refractivity (Wildman–Crippen MR) is 41.2 cm³/mol. The first-order chi connectivity index (χ1) is 4.83. The van der Waals surface area contributed by atoms with Crippen molar-refractivity contribution in [1.82, 2.24) is 4.98 Å². The summed E-state index contributed by atoms with van der Waals surface area (Å²) in [7, 11) is 0. The van der Waals surface area contributed by atoms with E-state index in [1.165, 1.54) is 0 Å². The van der Waals surface area contributed by atoms with E-state index in [2.05, 4.69) is 16.9 Å². The van der Waals surface area contributed by atoms with E-state index in [1.54, 1.807) is 17.5 Å². The molecule has 0 saturated carbocycles. The molecule has 0 aliphatic rings. The maximum Gasteiger partial charge on any atom is 0.152 e. The molecule has 0 spiro atoms. The van der Waals surface area contributed by atoms with Gasteiger partial charge in [0.2, 0.25) is 0 Å². The van der Waals surface area contributed by atoms with Gasteiger partial charge in [-0.25, -0.2) is 4.98 Å². The van der Waals surface area contributed by atoms with Crippen molar-refractivity contribution in [3.63, 3.8) is 0 Å². The van der Waals surface area contributed by atoms with Crippen LogP contribution in [0.4, 0.5) is 0 Å². The molecule has 0 atom stereocenters. The molecule has 0 aliphatic heterocycles. The van der Waals surface area contributed by atoms with E-state index < -0.39 is 0 Å². The number of aromatic nitrogens is 1. The second-order valence-corrected chi connectivity index (χ2v) is 3.07. The molecule has 0 amide bonds. The highest BCUT2D eigenvalue weighted by atomic mass is 32.1. The van der Waals surface area contributed by atoms with Crippen LogP contribution in [-0.4, -0.2) is 11.7 Å². The van der Waals surface area contributed by atoms with Crippen molar-refractivity contribution in [3.8, 4) is 0 Å². The van der Waals surface area contributed by atoms with Crippen molar-refractivity contribution in [1.29, 1.82) is 0 Å². The van der Waals surface area contributed by atoms with Gasteiger partial charge in [-0.2, -0.15) is 0 Å². The van der Waals surface area contributed by atoms with Gasteiger partial charge in [0.25, 0.3) is 0 Å². The Hall–Kier alpha value is -0.900. The van der Waals surface area contributed by atoms with E-state index in [-0.39, 0.29) is 0 Å². The number of aryl methyl sites for hydroxylation is 1. The summed E-state index contributed by atoms with van der Waals surface area (Å²) >= 11 is 1.60. The summed E-state index contributed by atoms with van der Waals surface area (Å²) in [6.07, 6.45) is 1.78. The minimum atomic E-state index is 0.481. The highest BCUT2D eigenvalue weighted by Crippen LogP contribution is 2.11. The van der Waals surface area contributed by atoms with E-state index >= 15 is 0 Å². The number of hydrogen-bond donors (Lipinski definition) is 0. The fourth-order valence-electron chi connectivity index (χ4n) is 0.581. The van der Waals surface area contributed by atoms with E-state index in [9.17, 15) is 0 Å². The largest absolute Gasteiger partial charge is 0.391 e. The molecule has 3 nitrogen and oxygen atoms in total. The lowest BCUT2D eigenvalue weighted by Gasteiger charge is -1.90. The summed E-state index contributed by atoms with van der Waals surface area (Å²) in [5.74, 6) is 0. The number of thiazole rings is 1. The molecule has 0 bridgehead atoms. The summed E-state index contributed by atoms with van der Waals surface area (Å²) in [6, 6.07) is 0. The Morgan fingerprint density at radius 3 is 3.20 bits per heavy atom. The van der Waals surface area contributed by atoms with E-state index in [1.807, 2.05) is 6.92 Å². The summed E-state index contributed by atoms with van der Waals surface area (Å²) in [5.41, 5.74) is 0. The second kappa shape index (κ2) is 3.31. The lowest BCUT2D eigenvalue weighted by molar-refractivity contribution is 0.135. The molecule has 4 heteroatoms. The first kappa shape index (κ1) is 7.21. The smallest absolute Gasteiger partial charge is 0.152 e. The van der Waals surface area contributed by atoms with Gasteiger partial charge in [0.05, 0.1) is 9.88 Å². The minimum Gasteiger partial charge on any atom is -0.391 e. The minimum absolute atomic E-state index is 0.481. The number of oxime groups is 1. The van der Waals surface area contributed by atoms with Crippen molar-refractivity contribution in [2.45, 2.75) is 13.5 Å². The van der Waals surface area contributed by atoms with E-state index in [0.717, 1.165) is 9.88 Å². The third kappa shape index (κ3) is 1.80. The Bertz CT molecular complexity index is 221. The van der Waals surface area contributed by atoms with Gasteiger partial charge < -0.3 is 4.84 Å². The van der Waals surface area contributed by atoms with Crippen LogP contribution in [0.15, 0.2) is 11.4 Å². The Kier molecular flexibility index (Phi) is 2.39. The summed E-state index contributed by atoms with van der Waals surface area (Å²) in [4.78, 5) is 9.84. The molecule has 54 valence electrons. The zero-order chi connectivity index (χ0) is 7.40. The van der Waals surface area contributed by atoms with Crippen LogP contribution in [-0.2, 0) is 11.4 Å². The SMILES string of the molecule is C=NOCc1cnc(C)s1. The van der Waals surface area contributed by atoms with Crippen LogP contribution in [0.3, 0.4) is 0 Å². The normalized spacial score (nSPS) is 9.30. The zero-order valence-electron chi connectivity index (χ0n) is 5.70. The second-order valence-electron chi connectivity index (χ2n) is 1.75. The van der Waals surface area contributed by atoms with Gasteiger partial charge in [0.15, 0.2) is 6.61 Å². The van der Waals surface area contributed by atoms with Crippen molar-refractivity contribution in [3.05, 3.63) is 16.1 Å². The molecular weight excluding hydrogens is 148 g/mol. The average Bonchev–Trinajstić information content (AvgIpc) is 2.31. The Morgan fingerprint density at radius 2 is 2.70 bits per heavy atom. The van der Waals surface area contributed by atoms with E-state index in [0.29, 0.717) is 6.61 Å². The Balaban J connectivity index is 2.49. The highest BCUT2D eigenvalue weighted by molar-refractivity contribution is 7.11. The molecule has 0 aromatic carbocycles. The van der Waals surface area contributed by atoms with Gasteiger partial charge in [0.1, 0.15) is 0 Å². The van der Waals surface area contributed by atoms with Crippen LogP contribution in [0.25, 0.3) is 0 Å². The molecule has 0 aliphatic carbocycles. The van der Waals surface area contributed by atoms with Crippen LogP contribution < -0.4 is 0 Å². The molecule has 0 saturated heterocycles. The molecule has 0 N–H and O–H groups in total. The van der Waals surface area contributed by atoms with Crippen LogP contribution >= 0.6 is 11.3 Å². The third-order valence-electron chi connectivity index (χ3n) is 0.967. The van der Waals surface area contributed by atoms with E-state index in [4.69, 9.17) is 4.84 Å². The number of nitrogens with zero attached hydrogens (tertiary/aromatic N) is 2. The molecule has 1 heterocycles. The van der Waals surface area contributed by atoms with Crippen molar-refractivity contribution >= 4 is 18.1 Å². The van der Waals surface area contributed by atoms with Crippen molar-refractivity contribution in [2.75, 3.05) is 0 Å². The first-order valence-electron chi connectivity index (χ1n) is 2.82. The molecular formula is C6H8N2OS. The molecule has 10 heavy (non-hydrogen) atoms. The first-order valence-corrected chi connectivity index (χ1v) is 3.64. The molecule has 0 fully saturated rings. The molecule has 0 unspecified atom stereocenters. The fraction of sp³-hybridized carbons (Fsp3) is 0.333. The van der Waals surface area contributed by atoms with Crippen molar-refractivity contribution in [2.24, 2.45) is 5.16 Å². The third-order valence-corrected chi connectivity index (χ3v) is 1.85. The zero-order valence-corrected chi connectivity index (χ0v) is 6.52. The summed E-state index contributed by atoms with van der Waals surface area (Å²) in [5, 5.41) is 4.31. The lowest BCUT2D eigenvalue weighted by Crippen LogP contribution is -1.79. The van der Waals surface area contributed by atoms with Gasteiger partial charge >= 0.3 is 0 Å². The summed E-state index contributed by atoms with van der Waals surface area (Å²) < 4.78 is 0. The maximum absolute atomic E-state index is 4.72. The van der Waals surface area contributed by atoms with Crippen molar-refractivity contribution < 1.29 is 4.84 Å². The van der Waals surface area contributed by atoms with Gasteiger partial charge in [-0.15, -0.1) is 16.5 Å².